The topological polar surface area (TPSA) is 57.5 Å². The van der Waals surface area contributed by atoms with E-state index in [9.17, 15) is 9.90 Å². The maximum absolute atomic E-state index is 10.7. The van der Waals surface area contributed by atoms with Crippen LogP contribution in [0.5, 0.6) is 0 Å². The number of aliphatic hydroxyl groups is 1. The van der Waals surface area contributed by atoms with Gasteiger partial charge < -0.3 is 10.2 Å². The molecule has 88 valence electrons. The lowest BCUT2D eigenvalue weighted by Gasteiger charge is -2.12. The third-order valence-electron chi connectivity index (χ3n) is 2.21. The Morgan fingerprint density at radius 1 is 1.50 bits per heavy atom. The van der Waals surface area contributed by atoms with Gasteiger partial charge in [0, 0.05) is 10.4 Å². The van der Waals surface area contributed by atoms with E-state index in [1.807, 2.05) is 0 Å². The molecular formula is C11H12BrClO3. The van der Waals surface area contributed by atoms with Gasteiger partial charge in [-0.3, -0.25) is 0 Å². The summed E-state index contributed by atoms with van der Waals surface area (Å²) in [5.41, 5.74) is 1.19. The van der Waals surface area contributed by atoms with Crippen LogP contribution in [0.3, 0.4) is 0 Å². The van der Waals surface area contributed by atoms with Gasteiger partial charge in [0.15, 0.2) is 6.10 Å². The number of aliphatic carboxylic acids is 1. The molecule has 3 nitrogen and oxygen atoms in total. The van der Waals surface area contributed by atoms with Crippen molar-refractivity contribution in [2.45, 2.75) is 18.9 Å². The maximum atomic E-state index is 10.7. The molecule has 0 bridgehead atoms. The van der Waals surface area contributed by atoms with Gasteiger partial charge in [0.2, 0.25) is 0 Å². The zero-order valence-electron chi connectivity index (χ0n) is 8.49. The largest absolute Gasteiger partial charge is 0.479 e. The van der Waals surface area contributed by atoms with Crippen LogP contribution in [0, 0.1) is 0 Å². The molecule has 0 saturated heterocycles. The molecule has 1 aromatic rings. The van der Waals surface area contributed by atoms with E-state index < -0.39 is 12.1 Å². The molecule has 0 aliphatic rings. The van der Waals surface area contributed by atoms with Crippen molar-refractivity contribution in [3.8, 4) is 0 Å². The molecule has 0 radical (unpaired) electrons. The second kappa shape index (κ2) is 6.23. The summed E-state index contributed by atoms with van der Waals surface area (Å²) in [6.45, 7) is 0. The van der Waals surface area contributed by atoms with Crippen molar-refractivity contribution in [3.63, 3.8) is 0 Å². The normalized spacial score (nSPS) is 12.4. The van der Waals surface area contributed by atoms with Gasteiger partial charge in [-0.05, 0) is 36.1 Å². The number of alkyl halides is 1. The SMILES string of the molecule is O=C(O)C(O)c1ccc(Cl)cc1CCCBr. The molecule has 0 amide bonds. The van der Waals surface area contributed by atoms with Crippen LogP contribution in [0.2, 0.25) is 5.02 Å². The Kier molecular flexibility index (Phi) is 5.25. The third kappa shape index (κ3) is 3.47. The van der Waals surface area contributed by atoms with Crippen LogP contribution in [-0.2, 0) is 11.2 Å². The maximum Gasteiger partial charge on any atom is 0.337 e. The van der Waals surface area contributed by atoms with Crippen LogP contribution in [0.25, 0.3) is 0 Å². The van der Waals surface area contributed by atoms with Crippen LogP contribution < -0.4 is 0 Å². The lowest BCUT2D eigenvalue weighted by molar-refractivity contribution is -0.147. The highest BCUT2D eigenvalue weighted by atomic mass is 79.9. The molecule has 0 heterocycles. The van der Waals surface area contributed by atoms with Crippen LogP contribution in [0.15, 0.2) is 18.2 Å². The minimum absolute atomic E-state index is 0.415. The van der Waals surface area contributed by atoms with E-state index in [1.54, 1.807) is 18.2 Å². The highest BCUT2D eigenvalue weighted by Crippen LogP contribution is 2.23. The van der Waals surface area contributed by atoms with Crippen molar-refractivity contribution in [2.24, 2.45) is 0 Å². The Labute approximate surface area is 107 Å². The number of carboxylic acids is 1. The first-order valence-corrected chi connectivity index (χ1v) is 6.31. The average molecular weight is 308 g/mol. The molecule has 1 aromatic carbocycles. The monoisotopic (exact) mass is 306 g/mol. The first-order valence-electron chi connectivity index (χ1n) is 4.81. The zero-order chi connectivity index (χ0) is 12.1. The van der Waals surface area contributed by atoms with Gasteiger partial charge in [0.25, 0.3) is 0 Å². The van der Waals surface area contributed by atoms with Gasteiger partial charge in [0.05, 0.1) is 0 Å². The minimum Gasteiger partial charge on any atom is -0.479 e. The number of hydrogen-bond acceptors (Lipinski definition) is 2. The molecule has 5 heteroatoms. The predicted octanol–water partition coefficient (Wildman–Crippen LogP) is 2.79. The number of halogens is 2. The Balaban J connectivity index is 3.01. The average Bonchev–Trinajstić information content (AvgIpc) is 2.25. The summed E-state index contributed by atoms with van der Waals surface area (Å²) in [6, 6.07) is 4.84. The van der Waals surface area contributed by atoms with Crippen molar-refractivity contribution in [3.05, 3.63) is 34.3 Å². The summed E-state index contributed by atoms with van der Waals surface area (Å²) >= 11 is 9.14. The second-order valence-electron chi connectivity index (χ2n) is 3.38. The first kappa shape index (κ1) is 13.5. The Bertz CT molecular complexity index is 381. The molecule has 0 saturated carbocycles. The number of hydrogen-bond donors (Lipinski definition) is 2. The highest BCUT2D eigenvalue weighted by Gasteiger charge is 2.19. The summed E-state index contributed by atoms with van der Waals surface area (Å²) in [6.07, 6.45) is 0.0631. The van der Waals surface area contributed by atoms with Crippen molar-refractivity contribution < 1.29 is 15.0 Å². The lowest BCUT2D eigenvalue weighted by atomic mass is 9.99. The Morgan fingerprint density at radius 2 is 2.19 bits per heavy atom. The fourth-order valence-electron chi connectivity index (χ4n) is 1.45. The van der Waals surface area contributed by atoms with Gasteiger partial charge in [0.1, 0.15) is 0 Å². The number of aliphatic hydroxyl groups excluding tert-OH is 1. The van der Waals surface area contributed by atoms with E-state index >= 15 is 0 Å². The second-order valence-corrected chi connectivity index (χ2v) is 4.61. The van der Waals surface area contributed by atoms with Crippen LogP contribution in [-0.4, -0.2) is 21.5 Å². The number of benzene rings is 1. The number of carboxylic acid groups (broad SMARTS) is 1. The predicted molar refractivity (Wildman–Crippen MR) is 66.2 cm³/mol. The fraction of sp³-hybridized carbons (Fsp3) is 0.364. The van der Waals surface area contributed by atoms with Crippen molar-refractivity contribution in [1.29, 1.82) is 0 Å². The van der Waals surface area contributed by atoms with Crippen molar-refractivity contribution >= 4 is 33.5 Å². The summed E-state index contributed by atoms with van der Waals surface area (Å²) < 4.78 is 0. The van der Waals surface area contributed by atoms with Crippen LogP contribution in [0.4, 0.5) is 0 Å². The van der Waals surface area contributed by atoms with E-state index in [1.165, 1.54) is 0 Å². The minimum atomic E-state index is -1.48. The molecule has 1 unspecified atom stereocenters. The molecule has 16 heavy (non-hydrogen) atoms. The van der Waals surface area contributed by atoms with E-state index in [-0.39, 0.29) is 0 Å². The van der Waals surface area contributed by atoms with Gasteiger partial charge >= 0.3 is 5.97 Å². The molecule has 0 aliphatic heterocycles. The molecule has 2 N–H and O–H groups in total. The molecule has 1 atom stereocenters. The van der Waals surface area contributed by atoms with Gasteiger partial charge in [-0.25, -0.2) is 4.79 Å². The summed E-state index contributed by atoms with van der Waals surface area (Å²) in [5, 5.41) is 19.6. The highest BCUT2D eigenvalue weighted by molar-refractivity contribution is 9.09. The number of aryl methyl sites for hydroxylation is 1. The van der Waals surface area contributed by atoms with Gasteiger partial charge in [-0.2, -0.15) is 0 Å². The zero-order valence-corrected chi connectivity index (χ0v) is 10.8. The van der Waals surface area contributed by atoms with Crippen molar-refractivity contribution in [1.82, 2.24) is 0 Å². The molecular weight excluding hydrogens is 295 g/mol. The molecule has 0 fully saturated rings. The smallest absolute Gasteiger partial charge is 0.337 e. The van der Waals surface area contributed by atoms with E-state index in [2.05, 4.69) is 15.9 Å². The third-order valence-corrected chi connectivity index (χ3v) is 3.01. The quantitative estimate of drug-likeness (QED) is 0.822. The van der Waals surface area contributed by atoms with E-state index in [4.69, 9.17) is 16.7 Å². The summed E-state index contributed by atoms with van der Waals surface area (Å²) in [5.74, 6) is -1.25. The fourth-order valence-corrected chi connectivity index (χ4v) is 1.92. The summed E-state index contributed by atoms with van der Waals surface area (Å²) in [4.78, 5) is 10.7. The molecule has 1 rings (SSSR count). The first-order chi connectivity index (χ1) is 7.56. The lowest BCUT2D eigenvalue weighted by Crippen LogP contribution is -2.12. The van der Waals surface area contributed by atoms with E-state index in [0.717, 1.165) is 17.3 Å². The van der Waals surface area contributed by atoms with Crippen LogP contribution in [0.1, 0.15) is 23.7 Å². The van der Waals surface area contributed by atoms with Crippen molar-refractivity contribution in [2.75, 3.05) is 5.33 Å². The number of carbonyl (C=O) groups is 1. The molecule has 0 aromatic heterocycles. The Hall–Kier alpha value is -0.580. The number of rotatable bonds is 5. The summed E-state index contributed by atoms with van der Waals surface area (Å²) in [7, 11) is 0. The van der Waals surface area contributed by atoms with Gasteiger partial charge in [-0.15, -0.1) is 0 Å². The van der Waals surface area contributed by atoms with E-state index in [0.29, 0.717) is 17.0 Å². The Morgan fingerprint density at radius 3 is 2.75 bits per heavy atom. The van der Waals surface area contributed by atoms with Gasteiger partial charge in [-0.1, -0.05) is 33.6 Å². The molecule has 0 spiro atoms. The van der Waals surface area contributed by atoms with Crippen LogP contribution >= 0.6 is 27.5 Å². The standard InChI is InChI=1S/C11H12BrClO3/c12-5-1-2-7-6-8(13)3-4-9(7)10(14)11(15)16/h3-4,6,10,14H,1-2,5H2,(H,15,16). The molecule has 0 aliphatic carbocycles.